The molecule has 4 rings (SSSR count). The van der Waals surface area contributed by atoms with Gasteiger partial charge in [-0.2, -0.15) is 10.5 Å². The Balaban J connectivity index is 1.33. The molecule has 0 saturated heterocycles. The second-order valence-corrected chi connectivity index (χ2v) is 8.86. The van der Waals surface area contributed by atoms with Crippen LogP contribution in [0, 0.1) is 22.7 Å². The van der Waals surface area contributed by atoms with Gasteiger partial charge in [0.1, 0.15) is 23.4 Å². The molecule has 0 amide bonds. The normalized spacial score (nSPS) is 15.1. The third-order valence-corrected chi connectivity index (χ3v) is 6.28. The van der Waals surface area contributed by atoms with Crippen molar-refractivity contribution in [1.29, 1.82) is 10.5 Å². The molecular formula is C30H26ClN5. The summed E-state index contributed by atoms with van der Waals surface area (Å²) in [4.78, 5) is 11.2. The molecule has 2 aliphatic heterocycles. The largest absolute Gasteiger partial charge is 0.371 e. The topological polar surface area (TPSA) is 76.6 Å². The van der Waals surface area contributed by atoms with E-state index in [1.165, 1.54) is 67.2 Å². The quantitative estimate of drug-likeness (QED) is 0.320. The maximum absolute atomic E-state index is 8.69. The highest BCUT2D eigenvalue weighted by Crippen LogP contribution is 2.36. The van der Waals surface area contributed by atoms with Gasteiger partial charge in [-0.1, -0.05) is 60.2 Å². The van der Waals surface area contributed by atoms with Gasteiger partial charge >= 0.3 is 0 Å². The van der Waals surface area contributed by atoms with Gasteiger partial charge in [0, 0.05) is 18.8 Å². The molecule has 0 spiro atoms. The highest BCUT2D eigenvalue weighted by molar-refractivity contribution is 6.30. The summed E-state index contributed by atoms with van der Waals surface area (Å²) in [5.41, 5.74) is 7.00. The summed E-state index contributed by atoms with van der Waals surface area (Å²) in [6.45, 7) is 2.40. The summed E-state index contributed by atoms with van der Waals surface area (Å²) in [5, 5.41) is 17.7. The van der Waals surface area contributed by atoms with Crippen LogP contribution in [-0.4, -0.2) is 23.1 Å². The Kier molecular flexibility index (Phi) is 8.65. The first kappa shape index (κ1) is 24.9. The molecule has 0 atom stereocenters. The third kappa shape index (κ3) is 6.48. The van der Waals surface area contributed by atoms with Gasteiger partial charge in [-0.15, -0.1) is 0 Å². The lowest BCUT2D eigenvalue weighted by Crippen LogP contribution is -2.34. The van der Waals surface area contributed by atoms with E-state index in [9.17, 15) is 0 Å². The predicted octanol–water partition coefficient (Wildman–Crippen LogP) is 6.65. The number of hydrogen-bond acceptors (Lipinski definition) is 5. The van der Waals surface area contributed by atoms with Crippen LogP contribution in [0.5, 0.6) is 0 Å². The van der Waals surface area contributed by atoms with Gasteiger partial charge in [-0.25, -0.2) is 4.98 Å². The maximum Gasteiger partial charge on any atom is 0.155 e. The molecule has 1 aromatic carbocycles. The van der Waals surface area contributed by atoms with Crippen molar-refractivity contribution in [3.63, 3.8) is 0 Å². The number of halogens is 1. The predicted molar refractivity (Wildman–Crippen MR) is 147 cm³/mol. The molecule has 0 saturated carbocycles. The van der Waals surface area contributed by atoms with Crippen molar-refractivity contribution in [2.75, 3.05) is 18.0 Å². The van der Waals surface area contributed by atoms with E-state index in [4.69, 9.17) is 22.1 Å². The standard InChI is InChI=1S/C30H26ClN5/c31-30-28(15-7-3-5-11-24(20-32)21-33)34-22-27(35-30)14-6-2-1-4-10-23-18-25-12-8-16-36-17-9-13-26(19-23)29(25)36/h1-7,10-11,14-15,18-19,22H,8-9,12-13,16-17H2/b2-1+,5-3+,10-4+,14-6+,15-7+. The molecular weight excluding hydrogens is 466 g/mol. The molecule has 1 aromatic heterocycles. The van der Waals surface area contributed by atoms with E-state index < -0.39 is 0 Å². The van der Waals surface area contributed by atoms with Gasteiger partial charge in [0.05, 0.1) is 11.9 Å². The molecule has 6 heteroatoms. The average molecular weight is 492 g/mol. The molecule has 178 valence electrons. The number of aromatic nitrogens is 2. The second kappa shape index (κ2) is 12.5. The fourth-order valence-corrected chi connectivity index (χ4v) is 4.63. The smallest absolute Gasteiger partial charge is 0.155 e. The Morgan fingerprint density at radius 3 is 2.17 bits per heavy atom. The lowest BCUT2D eigenvalue weighted by Gasteiger charge is -2.37. The fraction of sp³-hybridized carbons (Fsp3) is 0.200. The molecule has 3 heterocycles. The zero-order valence-corrected chi connectivity index (χ0v) is 20.7. The number of benzene rings is 1. The fourth-order valence-electron chi connectivity index (χ4n) is 4.42. The average Bonchev–Trinajstić information content (AvgIpc) is 2.89. The summed E-state index contributed by atoms with van der Waals surface area (Å²) < 4.78 is 0. The first-order valence-corrected chi connectivity index (χ1v) is 12.4. The van der Waals surface area contributed by atoms with Gasteiger partial charge in [0.15, 0.2) is 5.15 Å². The lowest BCUT2D eigenvalue weighted by molar-refractivity contribution is 0.634. The van der Waals surface area contributed by atoms with Crippen molar-refractivity contribution in [3.05, 3.63) is 106 Å². The number of aryl methyl sites for hydroxylation is 2. The molecule has 0 bridgehead atoms. The Morgan fingerprint density at radius 2 is 1.50 bits per heavy atom. The molecule has 36 heavy (non-hydrogen) atoms. The summed E-state index contributed by atoms with van der Waals surface area (Å²) >= 11 is 6.24. The van der Waals surface area contributed by atoms with E-state index in [2.05, 4.69) is 39.2 Å². The van der Waals surface area contributed by atoms with E-state index >= 15 is 0 Å². The Labute approximate surface area is 217 Å². The molecule has 0 N–H and O–H groups in total. The van der Waals surface area contributed by atoms with Gasteiger partial charge in [0.25, 0.3) is 0 Å². The van der Waals surface area contributed by atoms with Crippen molar-refractivity contribution in [2.45, 2.75) is 25.7 Å². The third-order valence-electron chi connectivity index (χ3n) is 6.00. The minimum atomic E-state index is 0.0396. The minimum absolute atomic E-state index is 0.0396. The van der Waals surface area contributed by atoms with Crippen molar-refractivity contribution >= 4 is 35.5 Å². The molecule has 0 radical (unpaired) electrons. The Bertz CT molecular complexity index is 1330. The van der Waals surface area contributed by atoms with Crippen LogP contribution in [0.4, 0.5) is 5.69 Å². The van der Waals surface area contributed by atoms with Crippen LogP contribution in [0.3, 0.4) is 0 Å². The molecule has 5 nitrogen and oxygen atoms in total. The number of allylic oxidation sites excluding steroid dienone is 9. The molecule has 0 fully saturated rings. The molecule has 0 aliphatic carbocycles. The summed E-state index contributed by atoms with van der Waals surface area (Å²) in [6, 6.07) is 8.27. The van der Waals surface area contributed by atoms with Gasteiger partial charge in [0.2, 0.25) is 0 Å². The van der Waals surface area contributed by atoms with Gasteiger partial charge < -0.3 is 4.90 Å². The van der Waals surface area contributed by atoms with Crippen molar-refractivity contribution < 1.29 is 0 Å². The summed E-state index contributed by atoms with van der Waals surface area (Å²) in [6.07, 6.45) is 26.6. The van der Waals surface area contributed by atoms with Crippen LogP contribution in [0.15, 0.2) is 72.5 Å². The van der Waals surface area contributed by atoms with Crippen LogP contribution in [0.25, 0.3) is 18.2 Å². The van der Waals surface area contributed by atoms with Crippen LogP contribution < -0.4 is 4.90 Å². The van der Waals surface area contributed by atoms with Crippen LogP contribution >= 0.6 is 11.6 Å². The minimum Gasteiger partial charge on any atom is -0.371 e. The maximum atomic E-state index is 8.69. The molecule has 2 aliphatic rings. The second-order valence-electron chi connectivity index (χ2n) is 8.50. The SMILES string of the molecule is N#CC(C#N)=C/C=C/C=C/c1ncc(/C=C/C=C/C=C/c2cc3c4c(c2)CCCN4CCC3)nc1Cl. The first-order chi connectivity index (χ1) is 17.7. The van der Waals surface area contributed by atoms with Crippen LogP contribution in [0.2, 0.25) is 5.15 Å². The van der Waals surface area contributed by atoms with Gasteiger partial charge in [-0.05, 0) is 72.7 Å². The number of anilines is 1. The molecule has 0 unspecified atom stereocenters. The van der Waals surface area contributed by atoms with E-state index in [0.717, 1.165) is 0 Å². The Morgan fingerprint density at radius 1 is 0.861 bits per heavy atom. The highest BCUT2D eigenvalue weighted by atomic mass is 35.5. The van der Waals surface area contributed by atoms with Crippen molar-refractivity contribution in [2.24, 2.45) is 0 Å². The number of nitriles is 2. The van der Waals surface area contributed by atoms with E-state index in [1.807, 2.05) is 24.3 Å². The number of nitrogens with zero attached hydrogens (tertiary/aromatic N) is 5. The van der Waals surface area contributed by atoms with E-state index in [-0.39, 0.29) is 5.57 Å². The highest BCUT2D eigenvalue weighted by Gasteiger charge is 2.23. The zero-order chi connectivity index (χ0) is 25.2. The van der Waals surface area contributed by atoms with E-state index in [1.54, 1.807) is 42.6 Å². The van der Waals surface area contributed by atoms with Gasteiger partial charge in [-0.3, -0.25) is 4.98 Å². The number of hydrogen-bond donors (Lipinski definition) is 0. The summed E-state index contributed by atoms with van der Waals surface area (Å²) in [5.74, 6) is 0. The first-order valence-electron chi connectivity index (χ1n) is 12.0. The van der Waals surface area contributed by atoms with Crippen LogP contribution in [-0.2, 0) is 12.8 Å². The lowest BCUT2D eigenvalue weighted by atomic mass is 9.90. The molecule has 2 aromatic rings. The summed E-state index contributed by atoms with van der Waals surface area (Å²) in [7, 11) is 0. The monoisotopic (exact) mass is 491 g/mol. The van der Waals surface area contributed by atoms with Crippen LogP contribution in [0.1, 0.15) is 40.9 Å². The van der Waals surface area contributed by atoms with Crippen molar-refractivity contribution in [1.82, 2.24) is 9.97 Å². The van der Waals surface area contributed by atoms with E-state index in [0.29, 0.717) is 16.5 Å². The number of rotatable bonds is 7. The zero-order valence-electron chi connectivity index (χ0n) is 19.9. The van der Waals surface area contributed by atoms with Crippen molar-refractivity contribution in [3.8, 4) is 12.1 Å². The Hall–Kier alpha value is -4.19.